The summed E-state index contributed by atoms with van der Waals surface area (Å²) in [5, 5.41) is 14.8. The highest BCUT2D eigenvalue weighted by Crippen LogP contribution is 2.09. The Balaban J connectivity index is 3.13. The van der Waals surface area contributed by atoms with Crippen molar-refractivity contribution in [2.75, 3.05) is 32.8 Å². The number of hydrogen-bond acceptors (Lipinski definition) is 4. The molecule has 0 rings (SSSR count). The van der Waals surface area contributed by atoms with E-state index in [2.05, 4.69) is 17.6 Å². The van der Waals surface area contributed by atoms with E-state index in [1.54, 1.807) is 0 Å². The van der Waals surface area contributed by atoms with Crippen molar-refractivity contribution in [2.45, 2.75) is 96.8 Å². The summed E-state index contributed by atoms with van der Waals surface area (Å²) < 4.78 is 5.20. The second-order valence-electron chi connectivity index (χ2n) is 7.13. The van der Waals surface area contributed by atoms with E-state index in [0.29, 0.717) is 13.2 Å². The van der Waals surface area contributed by atoms with Crippen LogP contribution in [-0.4, -0.2) is 44.0 Å². The fourth-order valence-electron chi connectivity index (χ4n) is 2.88. The molecule has 0 aromatic rings. The molecule has 0 bridgehead atoms. The molecule has 0 aliphatic carbocycles. The predicted molar refractivity (Wildman–Crippen MR) is 110 cm³/mol. The molecule has 0 saturated heterocycles. The van der Waals surface area contributed by atoms with E-state index in [1.807, 2.05) is 0 Å². The molecule has 0 spiro atoms. The number of aliphatic hydroxyl groups is 1. The average molecular weight is 373 g/mol. The summed E-state index contributed by atoms with van der Waals surface area (Å²) in [6.07, 6.45) is 16.5. The largest absolute Gasteiger partial charge is 0.450 e. The Hall–Kier alpha value is -0.810. The van der Waals surface area contributed by atoms with E-state index in [-0.39, 0.29) is 12.7 Å². The molecule has 3 N–H and O–H groups in total. The zero-order valence-electron chi connectivity index (χ0n) is 17.2. The minimum atomic E-state index is -0.268. The van der Waals surface area contributed by atoms with Gasteiger partial charge in [-0.1, -0.05) is 71.1 Å². The first-order valence-electron chi connectivity index (χ1n) is 11.0. The Bertz CT molecular complexity index is 262. The van der Waals surface area contributed by atoms with Crippen molar-refractivity contribution in [3.63, 3.8) is 0 Å². The van der Waals surface area contributed by atoms with Crippen LogP contribution in [0.15, 0.2) is 0 Å². The van der Waals surface area contributed by atoms with Gasteiger partial charge in [0, 0.05) is 13.2 Å². The standard InChI is InChI=1S/C21H44N2O3/c1-2-3-4-5-6-7-8-11-14-20-26-21(25)23-18-13-10-9-12-16-22-17-15-19-24/h22,24H,2-20H2,1H3,(H,23,25). The van der Waals surface area contributed by atoms with Crippen molar-refractivity contribution < 1.29 is 14.6 Å². The summed E-state index contributed by atoms with van der Waals surface area (Å²) in [7, 11) is 0. The zero-order chi connectivity index (χ0) is 19.1. The van der Waals surface area contributed by atoms with Crippen molar-refractivity contribution in [1.29, 1.82) is 0 Å². The Kier molecular flexibility index (Phi) is 21.5. The topological polar surface area (TPSA) is 70.6 Å². The molecule has 0 aliphatic heterocycles. The van der Waals surface area contributed by atoms with E-state index < -0.39 is 0 Å². The lowest BCUT2D eigenvalue weighted by Gasteiger charge is -2.07. The molecule has 0 unspecified atom stereocenters. The maximum absolute atomic E-state index is 11.6. The van der Waals surface area contributed by atoms with Crippen molar-refractivity contribution in [1.82, 2.24) is 10.6 Å². The molecular weight excluding hydrogens is 328 g/mol. The number of nitrogens with one attached hydrogen (secondary N) is 2. The van der Waals surface area contributed by atoms with E-state index in [4.69, 9.17) is 9.84 Å². The van der Waals surface area contributed by atoms with Gasteiger partial charge < -0.3 is 20.5 Å². The first-order chi connectivity index (χ1) is 12.8. The fourth-order valence-corrected chi connectivity index (χ4v) is 2.88. The Morgan fingerprint density at radius 1 is 0.731 bits per heavy atom. The van der Waals surface area contributed by atoms with E-state index >= 15 is 0 Å². The number of rotatable bonds is 20. The van der Waals surface area contributed by atoms with Crippen LogP contribution in [0.4, 0.5) is 4.79 Å². The van der Waals surface area contributed by atoms with E-state index in [0.717, 1.165) is 51.6 Å². The van der Waals surface area contributed by atoms with Crippen LogP contribution in [0.5, 0.6) is 0 Å². The molecule has 0 aromatic heterocycles. The number of hydrogen-bond donors (Lipinski definition) is 3. The van der Waals surface area contributed by atoms with Gasteiger partial charge in [0.1, 0.15) is 0 Å². The summed E-state index contributed by atoms with van der Waals surface area (Å²) in [4.78, 5) is 11.6. The molecule has 156 valence electrons. The highest BCUT2D eigenvalue weighted by molar-refractivity contribution is 5.66. The van der Waals surface area contributed by atoms with Gasteiger partial charge in [0.25, 0.3) is 0 Å². The third-order valence-electron chi connectivity index (χ3n) is 4.54. The molecule has 26 heavy (non-hydrogen) atoms. The maximum Gasteiger partial charge on any atom is 0.407 e. The molecule has 5 nitrogen and oxygen atoms in total. The Morgan fingerprint density at radius 3 is 1.92 bits per heavy atom. The smallest absolute Gasteiger partial charge is 0.407 e. The molecule has 0 aromatic carbocycles. The summed E-state index contributed by atoms with van der Waals surface area (Å²) in [5.74, 6) is 0. The van der Waals surface area contributed by atoms with Crippen LogP contribution in [0.25, 0.3) is 0 Å². The van der Waals surface area contributed by atoms with Gasteiger partial charge in [0.05, 0.1) is 6.61 Å². The van der Waals surface area contributed by atoms with Crippen molar-refractivity contribution >= 4 is 6.09 Å². The first-order valence-corrected chi connectivity index (χ1v) is 11.0. The van der Waals surface area contributed by atoms with E-state index in [9.17, 15) is 4.79 Å². The molecule has 0 heterocycles. The summed E-state index contributed by atoms with van der Waals surface area (Å²) in [6.45, 7) is 5.65. The van der Waals surface area contributed by atoms with Gasteiger partial charge in [-0.15, -0.1) is 0 Å². The highest BCUT2D eigenvalue weighted by Gasteiger charge is 2.00. The van der Waals surface area contributed by atoms with Crippen LogP contribution in [0.2, 0.25) is 0 Å². The second kappa shape index (κ2) is 22.2. The molecule has 0 atom stereocenters. The fraction of sp³-hybridized carbons (Fsp3) is 0.952. The van der Waals surface area contributed by atoms with Crippen LogP contribution >= 0.6 is 0 Å². The Labute approximate surface area is 161 Å². The van der Waals surface area contributed by atoms with Gasteiger partial charge in [0.15, 0.2) is 0 Å². The molecule has 0 radical (unpaired) electrons. The van der Waals surface area contributed by atoms with Crippen LogP contribution in [0.1, 0.15) is 96.8 Å². The van der Waals surface area contributed by atoms with Gasteiger partial charge in [0.2, 0.25) is 0 Å². The van der Waals surface area contributed by atoms with Crippen LogP contribution < -0.4 is 10.6 Å². The zero-order valence-corrected chi connectivity index (χ0v) is 17.2. The lowest BCUT2D eigenvalue weighted by atomic mass is 10.1. The van der Waals surface area contributed by atoms with Gasteiger partial charge in [-0.25, -0.2) is 4.79 Å². The summed E-state index contributed by atoms with van der Waals surface area (Å²) in [5.41, 5.74) is 0. The van der Waals surface area contributed by atoms with Gasteiger partial charge >= 0.3 is 6.09 Å². The van der Waals surface area contributed by atoms with Gasteiger partial charge in [-0.3, -0.25) is 0 Å². The number of amides is 1. The normalized spacial score (nSPS) is 10.8. The summed E-state index contributed by atoms with van der Waals surface area (Å²) in [6, 6.07) is 0. The maximum atomic E-state index is 11.6. The molecular formula is C21H44N2O3. The van der Waals surface area contributed by atoms with E-state index in [1.165, 1.54) is 51.4 Å². The predicted octanol–water partition coefficient (Wildman–Crippen LogP) is 4.78. The number of unbranched alkanes of at least 4 members (excludes halogenated alkanes) is 11. The van der Waals surface area contributed by atoms with Crippen LogP contribution in [0.3, 0.4) is 0 Å². The number of aliphatic hydroxyl groups excluding tert-OH is 1. The molecule has 0 aliphatic rings. The third kappa shape index (κ3) is 21.2. The van der Waals surface area contributed by atoms with Gasteiger partial charge in [-0.2, -0.15) is 0 Å². The van der Waals surface area contributed by atoms with Crippen LogP contribution in [0, 0.1) is 0 Å². The SMILES string of the molecule is CCCCCCCCCCCOC(=O)NCCCCCCNCCCO. The lowest BCUT2D eigenvalue weighted by molar-refractivity contribution is 0.143. The first kappa shape index (κ1) is 25.2. The highest BCUT2D eigenvalue weighted by atomic mass is 16.5. The number of carbonyl (C=O) groups excluding carboxylic acids is 1. The van der Waals surface area contributed by atoms with Crippen LogP contribution in [-0.2, 0) is 4.74 Å². The van der Waals surface area contributed by atoms with Gasteiger partial charge in [-0.05, 0) is 38.8 Å². The number of carbonyl (C=O) groups is 1. The quantitative estimate of drug-likeness (QED) is 0.269. The molecule has 5 heteroatoms. The van der Waals surface area contributed by atoms with Crippen molar-refractivity contribution in [2.24, 2.45) is 0 Å². The summed E-state index contributed by atoms with van der Waals surface area (Å²) >= 11 is 0. The number of ether oxygens (including phenoxy) is 1. The minimum absolute atomic E-state index is 0.258. The lowest BCUT2D eigenvalue weighted by Crippen LogP contribution is -2.25. The number of alkyl carbamates (subject to hydrolysis) is 1. The third-order valence-corrected chi connectivity index (χ3v) is 4.54. The molecule has 0 fully saturated rings. The minimum Gasteiger partial charge on any atom is -0.450 e. The second-order valence-corrected chi connectivity index (χ2v) is 7.13. The molecule has 1 amide bonds. The molecule has 0 saturated carbocycles. The van der Waals surface area contributed by atoms with Crippen molar-refractivity contribution in [3.8, 4) is 0 Å². The van der Waals surface area contributed by atoms with Crippen molar-refractivity contribution in [3.05, 3.63) is 0 Å². The average Bonchev–Trinajstić information content (AvgIpc) is 2.64. The Morgan fingerprint density at radius 2 is 1.27 bits per heavy atom. The monoisotopic (exact) mass is 372 g/mol.